The molecule has 5 aromatic rings. The van der Waals surface area contributed by atoms with E-state index in [0.717, 1.165) is 45.3 Å². The molecule has 2 aromatic carbocycles. The average molecular weight is 497 g/mol. The number of amides is 1. The zero-order valence-corrected chi connectivity index (χ0v) is 21.9. The number of aryl methyl sites for hydroxylation is 1. The summed E-state index contributed by atoms with van der Waals surface area (Å²) < 4.78 is 4.04. The number of aromatic nitrogens is 5. The van der Waals surface area contributed by atoms with E-state index >= 15 is 0 Å². The zero-order valence-electron chi connectivity index (χ0n) is 21.9. The van der Waals surface area contributed by atoms with Crippen LogP contribution in [-0.4, -0.2) is 55.8 Å². The normalized spacial score (nSPS) is 11.6. The topological polar surface area (TPSA) is 92.9 Å². The highest BCUT2D eigenvalue weighted by atomic mass is 16.1. The van der Waals surface area contributed by atoms with Crippen molar-refractivity contribution in [1.29, 1.82) is 0 Å². The van der Waals surface area contributed by atoms with Gasteiger partial charge in [-0.3, -0.25) is 9.48 Å². The van der Waals surface area contributed by atoms with Crippen LogP contribution in [0.25, 0.3) is 33.1 Å². The summed E-state index contributed by atoms with van der Waals surface area (Å²) in [4.78, 5) is 24.0. The Labute approximate surface area is 216 Å². The Kier molecular flexibility index (Phi) is 6.62. The number of anilines is 3. The number of nitrogens with one attached hydrogen (secondary N) is 2. The molecular formula is C28H32N8O. The third-order valence-corrected chi connectivity index (χ3v) is 6.36. The quantitative estimate of drug-likeness (QED) is 0.318. The Bertz CT molecular complexity index is 1580. The molecule has 3 heterocycles. The first-order valence-corrected chi connectivity index (χ1v) is 12.4. The monoisotopic (exact) mass is 496 g/mol. The van der Waals surface area contributed by atoms with Crippen LogP contribution < -0.4 is 10.6 Å². The van der Waals surface area contributed by atoms with Gasteiger partial charge in [-0.1, -0.05) is 32.0 Å². The number of rotatable bonds is 8. The van der Waals surface area contributed by atoms with Crippen molar-refractivity contribution in [1.82, 2.24) is 29.2 Å². The van der Waals surface area contributed by atoms with Crippen molar-refractivity contribution in [3.8, 4) is 11.3 Å². The summed E-state index contributed by atoms with van der Waals surface area (Å²) in [5, 5.41) is 13.1. The average Bonchev–Trinajstić information content (AvgIpc) is 3.44. The van der Waals surface area contributed by atoms with Gasteiger partial charge in [0.05, 0.1) is 29.6 Å². The summed E-state index contributed by atoms with van der Waals surface area (Å²) in [5.74, 6) is 0.282. The highest BCUT2D eigenvalue weighted by molar-refractivity contribution is 6.03. The van der Waals surface area contributed by atoms with E-state index in [9.17, 15) is 4.79 Å². The highest BCUT2D eigenvalue weighted by Crippen LogP contribution is 2.32. The lowest BCUT2D eigenvalue weighted by Crippen LogP contribution is -2.21. The predicted molar refractivity (Wildman–Crippen MR) is 149 cm³/mol. The molecule has 0 saturated carbocycles. The Morgan fingerprint density at radius 1 is 1.14 bits per heavy atom. The van der Waals surface area contributed by atoms with Gasteiger partial charge in [-0.2, -0.15) is 5.10 Å². The summed E-state index contributed by atoms with van der Waals surface area (Å²) in [7, 11) is 6.09. The smallest absolute Gasteiger partial charge is 0.227 e. The largest absolute Gasteiger partial charge is 0.350 e. The van der Waals surface area contributed by atoms with Gasteiger partial charge in [-0.25, -0.2) is 9.97 Å². The van der Waals surface area contributed by atoms with Crippen LogP contribution in [0.2, 0.25) is 0 Å². The standard InChI is InChI=1S/C28H32N8O/c1-18(2)27(37)32-24-15-20(14-19-16-30-36(26(19)24)13-12-34(3)4)31-28-29-11-10-23(33-28)22-17-35(5)25-9-7-6-8-21(22)25/h6-11,14-18H,12-13H2,1-5H3,(H,32,37)(H,29,31,33). The maximum Gasteiger partial charge on any atom is 0.227 e. The Morgan fingerprint density at radius 3 is 2.73 bits per heavy atom. The fourth-order valence-corrected chi connectivity index (χ4v) is 4.39. The minimum absolute atomic E-state index is 0.0481. The first-order valence-electron chi connectivity index (χ1n) is 12.4. The number of carbonyl (C=O) groups is 1. The van der Waals surface area contributed by atoms with Gasteiger partial charge in [-0.15, -0.1) is 0 Å². The third kappa shape index (κ3) is 5.03. The van der Waals surface area contributed by atoms with E-state index in [0.29, 0.717) is 18.2 Å². The maximum atomic E-state index is 12.6. The number of para-hydroxylation sites is 1. The van der Waals surface area contributed by atoms with Crippen LogP contribution in [0.15, 0.2) is 61.1 Å². The summed E-state index contributed by atoms with van der Waals surface area (Å²) in [6.07, 6.45) is 5.67. The maximum absolute atomic E-state index is 12.6. The van der Waals surface area contributed by atoms with E-state index in [1.54, 1.807) is 6.20 Å². The van der Waals surface area contributed by atoms with Crippen LogP contribution in [0, 0.1) is 5.92 Å². The second-order valence-electron chi connectivity index (χ2n) is 9.84. The molecule has 0 bridgehead atoms. The number of hydrogen-bond donors (Lipinski definition) is 2. The van der Waals surface area contributed by atoms with Gasteiger partial charge in [0, 0.05) is 59.4 Å². The second-order valence-corrected chi connectivity index (χ2v) is 9.84. The summed E-state index contributed by atoms with van der Waals surface area (Å²) in [5.41, 5.74) is 5.40. The highest BCUT2D eigenvalue weighted by Gasteiger charge is 2.16. The molecule has 5 rings (SSSR count). The molecule has 37 heavy (non-hydrogen) atoms. The lowest BCUT2D eigenvalue weighted by atomic mass is 10.1. The summed E-state index contributed by atoms with van der Waals surface area (Å²) in [6, 6.07) is 14.1. The van der Waals surface area contributed by atoms with Gasteiger partial charge in [-0.05, 0) is 38.4 Å². The first-order chi connectivity index (χ1) is 17.8. The van der Waals surface area contributed by atoms with Crippen LogP contribution in [0.5, 0.6) is 0 Å². The number of nitrogens with zero attached hydrogens (tertiary/aromatic N) is 6. The predicted octanol–water partition coefficient (Wildman–Crippen LogP) is 4.88. The van der Waals surface area contributed by atoms with Crippen molar-refractivity contribution in [3.05, 3.63) is 61.1 Å². The molecule has 0 saturated heterocycles. The van der Waals surface area contributed by atoms with Crippen molar-refractivity contribution >= 4 is 45.0 Å². The molecule has 190 valence electrons. The summed E-state index contributed by atoms with van der Waals surface area (Å²) >= 11 is 0. The van der Waals surface area contributed by atoms with Gasteiger partial charge >= 0.3 is 0 Å². The molecule has 0 unspecified atom stereocenters. The molecule has 9 nitrogen and oxygen atoms in total. The molecule has 0 atom stereocenters. The molecule has 0 aliphatic carbocycles. The molecule has 9 heteroatoms. The molecule has 0 fully saturated rings. The summed E-state index contributed by atoms with van der Waals surface area (Å²) in [6.45, 7) is 5.31. The van der Waals surface area contributed by atoms with E-state index in [4.69, 9.17) is 4.98 Å². The zero-order chi connectivity index (χ0) is 26.1. The molecular weight excluding hydrogens is 464 g/mol. The Hall–Kier alpha value is -4.24. The molecule has 0 radical (unpaired) electrons. The van der Waals surface area contributed by atoms with Crippen LogP contribution in [0.4, 0.5) is 17.3 Å². The van der Waals surface area contributed by atoms with Gasteiger partial charge in [0.1, 0.15) is 0 Å². The fraction of sp³-hybridized carbons (Fsp3) is 0.286. The number of carbonyl (C=O) groups excluding carboxylic acids is 1. The third-order valence-electron chi connectivity index (χ3n) is 6.36. The van der Waals surface area contributed by atoms with E-state index in [1.165, 1.54) is 0 Å². The van der Waals surface area contributed by atoms with Crippen molar-refractivity contribution in [2.75, 3.05) is 31.3 Å². The molecule has 0 aliphatic heterocycles. The van der Waals surface area contributed by atoms with Crippen molar-refractivity contribution in [2.24, 2.45) is 13.0 Å². The van der Waals surface area contributed by atoms with E-state index < -0.39 is 0 Å². The van der Waals surface area contributed by atoms with Gasteiger partial charge in [0.25, 0.3) is 0 Å². The molecule has 3 aromatic heterocycles. The fourth-order valence-electron chi connectivity index (χ4n) is 4.39. The van der Waals surface area contributed by atoms with Gasteiger partial charge in [0.15, 0.2) is 0 Å². The second kappa shape index (κ2) is 10.0. The van der Waals surface area contributed by atoms with Crippen molar-refractivity contribution < 1.29 is 4.79 Å². The molecule has 0 spiro atoms. The van der Waals surface area contributed by atoms with Crippen molar-refractivity contribution in [2.45, 2.75) is 20.4 Å². The molecule has 0 aliphatic rings. The molecule has 2 N–H and O–H groups in total. The Balaban J connectivity index is 1.51. The van der Waals surface area contributed by atoms with Gasteiger partial charge < -0.3 is 20.1 Å². The van der Waals surface area contributed by atoms with Crippen LogP contribution in [-0.2, 0) is 18.4 Å². The number of benzene rings is 2. The lowest BCUT2D eigenvalue weighted by Gasteiger charge is -2.15. The van der Waals surface area contributed by atoms with E-state index in [1.807, 2.05) is 76.2 Å². The first kappa shape index (κ1) is 24.5. The number of fused-ring (bicyclic) bond motifs is 2. The minimum Gasteiger partial charge on any atom is -0.350 e. The van der Waals surface area contributed by atoms with Crippen LogP contribution in [0.3, 0.4) is 0 Å². The SMILES string of the molecule is CC(C)C(=O)Nc1cc(Nc2nccc(-c3cn(C)c4ccccc34)n2)cc2cnn(CCN(C)C)c12. The van der Waals surface area contributed by atoms with Crippen LogP contribution in [0.1, 0.15) is 13.8 Å². The Morgan fingerprint density at radius 2 is 1.95 bits per heavy atom. The minimum atomic E-state index is -0.148. The van der Waals surface area contributed by atoms with Gasteiger partial charge in [0.2, 0.25) is 11.9 Å². The van der Waals surface area contributed by atoms with Crippen LogP contribution >= 0.6 is 0 Å². The number of likely N-dealkylation sites (N-methyl/N-ethyl adjacent to an activating group) is 1. The lowest BCUT2D eigenvalue weighted by molar-refractivity contribution is -0.118. The number of hydrogen-bond acceptors (Lipinski definition) is 6. The van der Waals surface area contributed by atoms with E-state index in [2.05, 4.69) is 48.5 Å². The van der Waals surface area contributed by atoms with E-state index in [-0.39, 0.29) is 11.8 Å². The molecule has 1 amide bonds. The van der Waals surface area contributed by atoms with Crippen molar-refractivity contribution in [3.63, 3.8) is 0 Å².